The Bertz CT molecular complexity index is 637. The van der Waals surface area contributed by atoms with Crippen LogP contribution in [-0.4, -0.2) is 42.9 Å². The average Bonchev–Trinajstić information content (AvgIpc) is 2.84. The van der Waals surface area contributed by atoms with Crippen molar-refractivity contribution in [2.45, 2.75) is 30.6 Å². The molecule has 1 fully saturated rings. The molecule has 2 heterocycles. The van der Waals surface area contributed by atoms with E-state index in [1.165, 1.54) is 43.5 Å². The third-order valence-electron chi connectivity index (χ3n) is 4.27. The third-order valence-corrected chi connectivity index (χ3v) is 5.37. The summed E-state index contributed by atoms with van der Waals surface area (Å²) in [5, 5.41) is 5.71. The Labute approximate surface area is 146 Å². The second-order valence-electron chi connectivity index (χ2n) is 6.11. The number of rotatable bonds is 4. The first-order valence-electron chi connectivity index (χ1n) is 8.52. The molecule has 1 aromatic carbocycles. The van der Waals surface area contributed by atoms with Crippen LogP contribution in [0.3, 0.4) is 0 Å². The predicted octanol–water partition coefficient (Wildman–Crippen LogP) is 2.61. The molecule has 0 unspecified atom stereocenters. The van der Waals surface area contributed by atoms with Gasteiger partial charge < -0.3 is 15.5 Å². The topological polar surface area (TPSA) is 61.4 Å². The molecule has 2 aliphatic heterocycles. The Morgan fingerprint density at radius 2 is 1.96 bits per heavy atom. The maximum absolute atomic E-state index is 12.1. The van der Waals surface area contributed by atoms with E-state index in [0.717, 1.165) is 30.2 Å². The monoisotopic (exact) mass is 345 g/mol. The van der Waals surface area contributed by atoms with Crippen LogP contribution in [0.25, 0.3) is 0 Å². The van der Waals surface area contributed by atoms with Gasteiger partial charge in [0.25, 0.3) is 5.91 Å². The van der Waals surface area contributed by atoms with Crippen LogP contribution in [0, 0.1) is 0 Å². The molecule has 2 aliphatic rings. The van der Waals surface area contributed by atoms with E-state index in [0.29, 0.717) is 11.4 Å². The van der Waals surface area contributed by atoms with Crippen LogP contribution in [0.5, 0.6) is 0 Å². The number of fused-ring (bicyclic) bond motifs is 1. The third kappa shape index (κ3) is 4.61. The van der Waals surface area contributed by atoms with E-state index in [-0.39, 0.29) is 11.8 Å². The van der Waals surface area contributed by atoms with Crippen molar-refractivity contribution in [3.8, 4) is 0 Å². The molecular weight excluding hydrogens is 322 g/mol. The molecule has 0 saturated carbocycles. The summed E-state index contributed by atoms with van der Waals surface area (Å²) in [7, 11) is 0. The van der Waals surface area contributed by atoms with Crippen molar-refractivity contribution in [2.75, 3.05) is 31.5 Å². The van der Waals surface area contributed by atoms with Gasteiger partial charge in [0.1, 0.15) is 0 Å². The van der Waals surface area contributed by atoms with E-state index in [1.807, 2.05) is 24.3 Å². The van der Waals surface area contributed by atoms with E-state index < -0.39 is 0 Å². The zero-order chi connectivity index (χ0) is 16.8. The minimum absolute atomic E-state index is 0.207. The minimum Gasteiger partial charge on any atom is -0.351 e. The summed E-state index contributed by atoms with van der Waals surface area (Å²) >= 11 is 1.34. The molecule has 2 N–H and O–H groups in total. The summed E-state index contributed by atoms with van der Waals surface area (Å²) in [4.78, 5) is 27.9. The van der Waals surface area contributed by atoms with Crippen molar-refractivity contribution in [1.29, 1.82) is 0 Å². The number of hydrogen-bond acceptors (Lipinski definition) is 4. The number of carbonyl (C=O) groups is 2. The van der Waals surface area contributed by atoms with Crippen molar-refractivity contribution in [3.05, 3.63) is 35.2 Å². The van der Waals surface area contributed by atoms with Gasteiger partial charge in [-0.2, -0.15) is 0 Å². The van der Waals surface area contributed by atoms with E-state index >= 15 is 0 Å². The Balaban J connectivity index is 1.50. The Hall–Kier alpha value is -1.79. The standard InChI is InChI=1S/C18H23N3O2S/c22-17(19-9-12-21-10-5-1-2-6-11-21)13-16-18(23)20-14-7-3-4-8-15(14)24-16/h3-4,7-8,13H,1-2,5-6,9-12H2,(H,19,22)(H,20,23). The Kier molecular flexibility index (Phi) is 5.93. The van der Waals surface area contributed by atoms with Crippen molar-refractivity contribution in [3.63, 3.8) is 0 Å². The number of nitrogens with zero attached hydrogens (tertiary/aromatic N) is 1. The van der Waals surface area contributed by atoms with Gasteiger partial charge in [-0.3, -0.25) is 9.59 Å². The summed E-state index contributed by atoms with van der Waals surface area (Å²) in [6, 6.07) is 7.59. The van der Waals surface area contributed by atoms with E-state index in [2.05, 4.69) is 15.5 Å². The molecule has 0 spiro atoms. The largest absolute Gasteiger partial charge is 0.351 e. The van der Waals surface area contributed by atoms with Gasteiger partial charge in [-0.15, -0.1) is 0 Å². The first-order valence-corrected chi connectivity index (χ1v) is 9.34. The lowest BCUT2D eigenvalue weighted by Crippen LogP contribution is -2.35. The van der Waals surface area contributed by atoms with Crippen LogP contribution in [0.4, 0.5) is 5.69 Å². The smallest absolute Gasteiger partial charge is 0.262 e. The highest BCUT2D eigenvalue weighted by Gasteiger charge is 2.21. The molecule has 128 valence electrons. The second-order valence-corrected chi connectivity index (χ2v) is 7.19. The quantitative estimate of drug-likeness (QED) is 0.824. The van der Waals surface area contributed by atoms with Crippen LogP contribution in [0.1, 0.15) is 25.7 Å². The van der Waals surface area contributed by atoms with Gasteiger partial charge in [0.05, 0.1) is 10.6 Å². The van der Waals surface area contributed by atoms with Crippen LogP contribution >= 0.6 is 11.8 Å². The lowest BCUT2D eigenvalue weighted by atomic mass is 10.2. The second kappa shape index (κ2) is 8.35. The highest BCUT2D eigenvalue weighted by Crippen LogP contribution is 2.37. The number of hydrogen-bond donors (Lipinski definition) is 2. The summed E-state index contributed by atoms with van der Waals surface area (Å²) in [6.07, 6.45) is 6.51. The molecule has 2 amide bonds. The zero-order valence-electron chi connectivity index (χ0n) is 13.7. The van der Waals surface area contributed by atoms with Gasteiger partial charge in [-0.1, -0.05) is 36.7 Å². The molecule has 5 nitrogen and oxygen atoms in total. The fourth-order valence-corrected chi connectivity index (χ4v) is 3.89. The van der Waals surface area contributed by atoms with Crippen molar-refractivity contribution in [1.82, 2.24) is 10.2 Å². The zero-order valence-corrected chi connectivity index (χ0v) is 14.5. The molecule has 0 radical (unpaired) electrons. The number of nitrogens with one attached hydrogen (secondary N) is 2. The highest BCUT2D eigenvalue weighted by molar-refractivity contribution is 8.04. The predicted molar refractivity (Wildman–Crippen MR) is 96.9 cm³/mol. The van der Waals surface area contributed by atoms with Crippen LogP contribution in [0.15, 0.2) is 40.1 Å². The number of likely N-dealkylation sites (tertiary alicyclic amines) is 1. The highest BCUT2D eigenvalue weighted by atomic mass is 32.2. The number of amides is 2. The summed E-state index contributed by atoms with van der Waals surface area (Å²) in [6.45, 7) is 3.72. The number of para-hydroxylation sites is 1. The molecular formula is C18H23N3O2S. The number of benzene rings is 1. The molecule has 1 aromatic rings. The molecule has 0 atom stereocenters. The summed E-state index contributed by atoms with van der Waals surface area (Å²) < 4.78 is 0. The van der Waals surface area contributed by atoms with Gasteiger partial charge in [0.2, 0.25) is 5.91 Å². The SMILES string of the molecule is O=C(C=C1Sc2ccccc2NC1=O)NCCN1CCCCCC1. The normalized spacial score (nSPS) is 20.2. The molecule has 1 saturated heterocycles. The van der Waals surface area contributed by atoms with Crippen molar-refractivity contribution >= 4 is 29.3 Å². The lowest BCUT2D eigenvalue weighted by molar-refractivity contribution is -0.117. The van der Waals surface area contributed by atoms with Crippen molar-refractivity contribution < 1.29 is 9.59 Å². The van der Waals surface area contributed by atoms with Crippen LogP contribution in [-0.2, 0) is 9.59 Å². The summed E-state index contributed by atoms with van der Waals surface area (Å²) in [5.41, 5.74) is 0.797. The number of thioether (sulfide) groups is 1. The number of carbonyl (C=O) groups excluding carboxylic acids is 2. The van der Waals surface area contributed by atoms with E-state index in [1.54, 1.807) is 0 Å². The number of anilines is 1. The molecule has 0 aliphatic carbocycles. The Morgan fingerprint density at radius 1 is 1.21 bits per heavy atom. The lowest BCUT2D eigenvalue weighted by Gasteiger charge is -2.20. The molecule has 0 aromatic heterocycles. The molecule has 24 heavy (non-hydrogen) atoms. The average molecular weight is 345 g/mol. The fourth-order valence-electron chi connectivity index (χ4n) is 2.97. The van der Waals surface area contributed by atoms with Gasteiger partial charge in [-0.05, 0) is 38.1 Å². The summed E-state index contributed by atoms with van der Waals surface area (Å²) in [5.74, 6) is -0.428. The van der Waals surface area contributed by atoms with Gasteiger partial charge in [0.15, 0.2) is 0 Å². The first kappa shape index (κ1) is 17.0. The molecule has 0 bridgehead atoms. The van der Waals surface area contributed by atoms with Gasteiger partial charge in [0, 0.05) is 24.1 Å². The maximum atomic E-state index is 12.1. The minimum atomic E-state index is -0.221. The Morgan fingerprint density at radius 3 is 2.75 bits per heavy atom. The van der Waals surface area contributed by atoms with Crippen molar-refractivity contribution in [2.24, 2.45) is 0 Å². The van der Waals surface area contributed by atoms with E-state index in [4.69, 9.17) is 0 Å². The van der Waals surface area contributed by atoms with Gasteiger partial charge >= 0.3 is 0 Å². The van der Waals surface area contributed by atoms with Crippen LogP contribution < -0.4 is 10.6 Å². The van der Waals surface area contributed by atoms with E-state index in [9.17, 15) is 9.59 Å². The van der Waals surface area contributed by atoms with Gasteiger partial charge in [-0.25, -0.2) is 0 Å². The maximum Gasteiger partial charge on any atom is 0.262 e. The molecule has 6 heteroatoms. The fraction of sp³-hybridized carbons (Fsp3) is 0.444. The molecule has 3 rings (SSSR count). The van der Waals surface area contributed by atoms with Crippen LogP contribution in [0.2, 0.25) is 0 Å². The first-order chi connectivity index (χ1) is 11.7.